The number of carbonyl (C=O) groups is 1. The van der Waals surface area contributed by atoms with E-state index in [2.05, 4.69) is 23.5 Å². The van der Waals surface area contributed by atoms with E-state index in [0.29, 0.717) is 18.3 Å². The number of anilines is 1. The minimum atomic E-state index is 0.0162. The van der Waals surface area contributed by atoms with E-state index in [1.165, 1.54) is 16.0 Å². The number of aromatic nitrogens is 1. The van der Waals surface area contributed by atoms with Crippen molar-refractivity contribution in [3.8, 4) is 5.75 Å². The van der Waals surface area contributed by atoms with Crippen LogP contribution in [-0.2, 0) is 4.79 Å². The van der Waals surface area contributed by atoms with Crippen molar-refractivity contribution in [1.82, 2.24) is 4.98 Å². The lowest BCUT2D eigenvalue weighted by molar-refractivity contribution is -0.929. The molecular weight excluding hydrogens is 358 g/mol. The maximum atomic E-state index is 12.7. The summed E-state index contributed by atoms with van der Waals surface area (Å²) in [6, 6.07) is 16.1. The molecule has 1 amide bonds. The Morgan fingerprint density at radius 2 is 2.04 bits per heavy atom. The van der Waals surface area contributed by atoms with E-state index in [-0.39, 0.29) is 5.91 Å². The summed E-state index contributed by atoms with van der Waals surface area (Å²) < 4.78 is 6.55. The first kappa shape index (κ1) is 17.9. The maximum Gasteiger partial charge on any atom is 0.279 e. The van der Waals surface area contributed by atoms with Crippen LogP contribution in [0.5, 0.6) is 5.75 Å². The number of methoxy groups -OCH3 is 1. The van der Waals surface area contributed by atoms with E-state index in [1.807, 2.05) is 30.3 Å². The Balaban J connectivity index is 1.49. The number of nitrogens with one attached hydrogen (secondary N) is 2. The minimum absolute atomic E-state index is 0.0162. The van der Waals surface area contributed by atoms with Crippen molar-refractivity contribution in [3.63, 3.8) is 0 Å². The third-order valence-electron chi connectivity index (χ3n) is 5.11. The average Bonchev–Trinajstić information content (AvgIpc) is 3.13. The van der Waals surface area contributed by atoms with E-state index in [9.17, 15) is 4.79 Å². The fraction of sp³-hybridized carbons (Fsp3) is 0.333. The highest BCUT2D eigenvalue weighted by atomic mass is 32.1. The van der Waals surface area contributed by atoms with E-state index in [4.69, 9.17) is 9.72 Å². The van der Waals surface area contributed by atoms with E-state index in [1.54, 1.807) is 18.4 Å². The zero-order chi connectivity index (χ0) is 18.6. The number of thiazole rings is 1. The first-order valence-corrected chi connectivity index (χ1v) is 10.2. The highest BCUT2D eigenvalue weighted by molar-refractivity contribution is 7.18. The van der Waals surface area contributed by atoms with Crippen LogP contribution in [0, 0.1) is 0 Å². The summed E-state index contributed by atoms with van der Waals surface area (Å²) in [5, 5.41) is 4.15. The van der Waals surface area contributed by atoms with E-state index >= 15 is 0 Å². The second kappa shape index (κ2) is 8.06. The SMILES string of the molecule is COc1ccccc1NC(=O)C[NH+]1CCCC[C@@H]1c1nc2ccccc2s1. The Morgan fingerprint density at radius 1 is 1.22 bits per heavy atom. The van der Waals surface area contributed by atoms with Crippen LogP contribution in [0.25, 0.3) is 10.2 Å². The van der Waals surface area contributed by atoms with Gasteiger partial charge in [-0.25, -0.2) is 4.98 Å². The van der Waals surface area contributed by atoms with Crippen LogP contribution >= 0.6 is 11.3 Å². The molecule has 4 rings (SSSR count). The predicted octanol–water partition coefficient (Wildman–Crippen LogP) is 3.05. The van der Waals surface area contributed by atoms with Crippen molar-refractivity contribution in [2.75, 3.05) is 25.5 Å². The summed E-state index contributed by atoms with van der Waals surface area (Å²) in [5.74, 6) is 0.699. The molecule has 3 aromatic rings. The summed E-state index contributed by atoms with van der Waals surface area (Å²) in [7, 11) is 1.62. The first-order valence-electron chi connectivity index (χ1n) is 9.37. The Hall–Kier alpha value is -2.44. The number of nitrogens with zero attached hydrogens (tertiary/aromatic N) is 1. The van der Waals surface area contributed by atoms with Gasteiger partial charge in [-0.15, -0.1) is 11.3 Å². The molecule has 1 aliphatic heterocycles. The molecule has 27 heavy (non-hydrogen) atoms. The monoisotopic (exact) mass is 382 g/mol. The van der Waals surface area contributed by atoms with Gasteiger partial charge >= 0.3 is 0 Å². The molecule has 2 atom stereocenters. The molecule has 0 aliphatic carbocycles. The minimum Gasteiger partial charge on any atom is -0.495 e. The molecule has 0 spiro atoms. The molecule has 2 N–H and O–H groups in total. The smallest absolute Gasteiger partial charge is 0.279 e. The van der Waals surface area contributed by atoms with Crippen LogP contribution in [0.3, 0.4) is 0 Å². The third kappa shape index (κ3) is 3.96. The summed E-state index contributed by atoms with van der Waals surface area (Å²) in [6.45, 7) is 1.44. The fourth-order valence-electron chi connectivity index (χ4n) is 3.78. The lowest BCUT2D eigenvalue weighted by atomic mass is 10.0. The normalized spacial score (nSPS) is 19.7. The molecule has 1 unspecified atom stereocenters. The first-order chi connectivity index (χ1) is 13.2. The number of benzene rings is 2. The third-order valence-corrected chi connectivity index (χ3v) is 6.26. The van der Waals surface area contributed by atoms with Crippen LogP contribution < -0.4 is 15.0 Å². The highest BCUT2D eigenvalue weighted by Gasteiger charge is 2.32. The summed E-state index contributed by atoms with van der Waals surface area (Å²) in [5.41, 5.74) is 1.78. The van der Waals surface area contributed by atoms with Gasteiger partial charge in [0.1, 0.15) is 11.8 Å². The van der Waals surface area contributed by atoms with E-state index < -0.39 is 0 Å². The maximum absolute atomic E-state index is 12.7. The molecule has 140 valence electrons. The van der Waals surface area contributed by atoms with Gasteiger partial charge in [-0.3, -0.25) is 4.79 Å². The second-order valence-electron chi connectivity index (χ2n) is 6.90. The molecule has 1 saturated heterocycles. The molecule has 0 saturated carbocycles. The number of amides is 1. The van der Waals surface area contributed by atoms with Gasteiger partial charge in [0.05, 0.1) is 29.6 Å². The second-order valence-corrected chi connectivity index (χ2v) is 7.96. The van der Waals surface area contributed by atoms with Gasteiger partial charge in [-0.2, -0.15) is 0 Å². The number of rotatable bonds is 5. The van der Waals surface area contributed by atoms with Crippen molar-refractivity contribution < 1.29 is 14.4 Å². The lowest BCUT2D eigenvalue weighted by Gasteiger charge is -2.30. The Bertz CT molecular complexity index is 907. The van der Waals surface area contributed by atoms with Crippen LogP contribution in [0.1, 0.15) is 30.3 Å². The van der Waals surface area contributed by atoms with Crippen LogP contribution in [0.4, 0.5) is 5.69 Å². The number of quaternary nitrogens is 1. The summed E-state index contributed by atoms with van der Waals surface area (Å²) in [4.78, 5) is 18.8. The van der Waals surface area contributed by atoms with Crippen molar-refractivity contribution in [3.05, 3.63) is 53.5 Å². The van der Waals surface area contributed by atoms with Crippen LogP contribution in [0.15, 0.2) is 48.5 Å². The average molecular weight is 383 g/mol. The number of carbonyl (C=O) groups excluding carboxylic acids is 1. The molecule has 1 fully saturated rings. The zero-order valence-electron chi connectivity index (χ0n) is 15.4. The number of hydrogen-bond acceptors (Lipinski definition) is 4. The lowest BCUT2D eigenvalue weighted by Crippen LogP contribution is -3.14. The molecule has 2 heterocycles. The van der Waals surface area contributed by atoms with Gasteiger partial charge in [0, 0.05) is 6.42 Å². The van der Waals surface area contributed by atoms with E-state index in [0.717, 1.165) is 35.6 Å². The summed E-state index contributed by atoms with van der Waals surface area (Å²) in [6.07, 6.45) is 3.42. The predicted molar refractivity (Wildman–Crippen MR) is 109 cm³/mol. The highest BCUT2D eigenvalue weighted by Crippen LogP contribution is 2.28. The van der Waals surface area contributed by atoms with Gasteiger partial charge in [0.15, 0.2) is 11.6 Å². The molecule has 1 aliphatic rings. The molecule has 0 bridgehead atoms. The molecule has 2 aromatic carbocycles. The largest absolute Gasteiger partial charge is 0.495 e. The number of ether oxygens (including phenoxy) is 1. The fourth-order valence-corrected chi connectivity index (χ4v) is 4.94. The Labute approximate surface area is 163 Å². The number of hydrogen-bond donors (Lipinski definition) is 2. The van der Waals surface area contributed by atoms with Gasteiger partial charge in [0.2, 0.25) is 0 Å². The van der Waals surface area contributed by atoms with Crippen molar-refractivity contribution in [2.24, 2.45) is 0 Å². The van der Waals surface area contributed by atoms with Gasteiger partial charge < -0.3 is 15.0 Å². The molecule has 1 aromatic heterocycles. The van der Waals surface area contributed by atoms with Crippen LogP contribution in [-0.4, -0.2) is 31.1 Å². The van der Waals surface area contributed by atoms with Crippen molar-refractivity contribution in [1.29, 1.82) is 0 Å². The summed E-state index contributed by atoms with van der Waals surface area (Å²) >= 11 is 1.76. The number of para-hydroxylation sites is 3. The van der Waals surface area contributed by atoms with Crippen molar-refractivity contribution in [2.45, 2.75) is 25.3 Å². The topological polar surface area (TPSA) is 55.7 Å². The molecular formula is C21H24N3O2S+. The quantitative estimate of drug-likeness (QED) is 0.713. The standard InChI is InChI=1S/C21H23N3O2S/c1-26-18-11-4-2-8-15(18)22-20(25)14-24-13-7-6-10-17(24)21-23-16-9-3-5-12-19(16)27-21/h2-5,8-9,11-12,17H,6-7,10,13-14H2,1H3,(H,22,25)/p+1/t17-/m1/s1. The number of piperidine rings is 1. The Kier molecular flexibility index (Phi) is 5.36. The van der Waals surface area contributed by atoms with Crippen LogP contribution in [0.2, 0.25) is 0 Å². The molecule has 6 heteroatoms. The van der Waals surface area contributed by atoms with Gasteiger partial charge in [0.25, 0.3) is 5.91 Å². The molecule has 5 nitrogen and oxygen atoms in total. The van der Waals surface area contributed by atoms with Crippen molar-refractivity contribution >= 4 is 33.1 Å². The van der Waals surface area contributed by atoms with Gasteiger partial charge in [-0.1, -0.05) is 24.3 Å². The number of fused-ring (bicyclic) bond motifs is 1. The zero-order valence-corrected chi connectivity index (χ0v) is 16.2. The Morgan fingerprint density at radius 3 is 2.89 bits per heavy atom. The molecule has 0 radical (unpaired) electrons. The number of likely N-dealkylation sites (tertiary alicyclic amines) is 1. The van der Waals surface area contributed by atoms with Gasteiger partial charge in [-0.05, 0) is 37.1 Å².